The summed E-state index contributed by atoms with van der Waals surface area (Å²) < 4.78 is 5.33. The number of β-amino-alcohol motifs (C(OH)–C–C–N with tert-alkyl or cyclic N) is 1. The van der Waals surface area contributed by atoms with Crippen molar-refractivity contribution in [3.05, 3.63) is 29.8 Å². The molecular weight excluding hydrogens is 306 g/mol. The zero-order chi connectivity index (χ0) is 16.9. The van der Waals surface area contributed by atoms with Gasteiger partial charge < -0.3 is 19.8 Å². The summed E-state index contributed by atoms with van der Waals surface area (Å²) in [4.78, 5) is 10.9. The van der Waals surface area contributed by atoms with E-state index in [1.165, 1.54) is 0 Å². The summed E-state index contributed by atoms with van der Waals surface area (Å²) in [5.41, 5.74) is 0.841. The van der Waals surface area contributed by atoms with Gasteiger partial charge in [-0.3, -0.25) is 0 Å². The van der Waals surface area contributed by atoms with Crippen LogP contribution in [0.25, 0.3) is 0 Å². The lowest BCUT2D eigenvalue weighted by molar-refractivity contribution is 0.154. The molecular formula is C17H25N5O2. The Morgan fingerprint density at radius 1 is 1.46 bits per heavy atom. The third-order valence-corrected chi connectivity index (χ3v) is 4.01. The van der Waals surface area contributed by atoms with E-state index in [4.69, 9.17) is 4.52 Å². The van der Waals surface area contributed by atoms with Crippen molar-refractivity contribution in [2.45, 2.75) is 45.8 Å². The van der Waals surface area contributed by atoms with E-state index < -0.39 is 0 Å². The topological polar surface area (TPSA) is 87.3 Å². The second-order valence-electron chi connectivity index (χ2n) is 6.72. The molecule has 1 aliphatic rings. The quantitative estimate of drug-likeness (QED) is 0.839. The average Bonchev–Trinajstić information content (AvgIpc) is 3.00. The number of nitrogens with one attached hydrogen (secondary N) is 1. The van der Waals surface area contributed by atoms with Gasteiger partial charge in [-0.05, 0) is 24.8 Å². The third kappa shape index (κ3) is 4.44. The molecule has 3 heterocycles. The second kappa shape index (κ2) is 7.61. The SMILES string of the molecule is CC(C)Cc1cc(CNc2nccc(N3CCC[C@H](O)C3)n2)no1. The van der Waals surface area contributed by atoms with Crippen molar-refractivity contribution in [2.75, 3.05) is 23.3 Å². The van der Waals surface area contributed by atoms with E-state index in [-0.39, 0.29) is 6.10 Å². The Labute approximate surface area is 142 Å². The molecule has 0 spiro atoms. The summed E-state index contributed by atoms with van der Waals surface area (Å²) in [6.45, 7) is 6.36. The van der Waals surface area contributed by atoms with E-state index >= 15 is 0 Å². The van der Waals surface area contributed by atoms with Crippen molar-refractivity contribution in [1.29, 1.82) is 0 Å². The van der Waals surface area contributed by atoms with Gasteiger partial charge in [0.25, 0.3) is 0 Å². The van der Waals surface area contributed by atoms with Crippen molar-refractivity contribution in [3.63, 3.8) is 0 Å². The van der Waals surface area contributed by atoms with Crippen LogP contribution >= 0.6 is 0 Å². The van der Waals surface area contributed by atoms with Crippen LogP contribution in [-0.4, -0.2) is 39.4 Å². The van der Waals surface area contributed by atoms with Gasteiger partial charge >= 0.3 is 0 Å². The Balaban J connectivity index is 1.59. The molecule has 0 saturated carbocycles. The second-order valence-corrected chi connectivity index (χ2v) is 6.72. The molecule has 0 bridgehead atoms. The molecule has 7 nitrogen and oxygen atoms in total. The summed E-state index contributed by atoms with van der Waals surface area (Å²) in [5.74, 6) is 2.84. The lowest BCUT2D eigenvalue weighted by atomic mass is 10.1. The van der Waals surface area contributed by atoms with Crippen LogP contribution in [0.1, 0.15) is 38.1 Å². The Kier molecular flexibility index (Phi) is 5.30. The molecule has 0 radical (unpaired) electrons. The number of piperidine rings is 1. The van der Waals surface area contributed by atoms with E-state index in [9.17, 15) is 5.11 Å². The van der Waals surface area contributed by atoms with Gasteiger partial charge in [-0.25, -0.2) is 4.98 Å². The first-order valence-corrected chi connectivity index (χ1v) is 8.54. The van der Waals surface area contributed by atoms with E-state index in [0.29, 0.717) is 25.0 Å². The van der Waals surface area contributed by atoms with Crippen LogP contribution in [0.2, 0.25) is 0 Å². The van der Waals surface area contributed by atoms with Gasteiger partial charge in [0.15, 0.2) is 0 Å². The molecule has 1 saturated heterocycles. The monoisotopic (exact) mass is 331 g/mol. The highest BCUT2D eigenvalue weighted by Crippen LogP contribution is 2.19. The number of hydrogen-bond donors (Lipinski definition) is 2. The largest absolute Gasteiger partial charge is 0.391 e. The summed E-state index contributed by atoms with van der Waals surface area (Å²) in [5, 5.41) is 17.1. The van der Waals surface area contributed by atoms with Crippen molar-refractivity contribution in [1.82, 2.24) is 15.1 Å². The van der Waals surface area contributed by atoms with Gasteiger partial charge in [0.05, 0.1) is 12.6 Å². The number of aliphatic hydroxyl groups excluding tert-OH is 1. The molecule has 2 aromatic rings. The normalized spacial score (nSPS) is 18.2. The minimum absolute atomic E-state index is 0.278. The first-order valence-electron chi connectivity index (χ1n) is 8.54. The van der Waals surface area contributed by atoms with E-state index in [1.807, 2.05) is 12.1 Å². The third-order valence-electron chi connectivity index (χ3n) is 4.01. The maximum atomic E-state index is 9.81. The van der Waals surface area contributed by atoms with Gasteiger partial charge in [-0.2, -0.15) is 4.98 Å². The summed E-state index contributed by atoms with van der Waals surface area (Å²) in [7, 11) is 0. The van der Waals surface area contributed by atoms with Crippen LogP contribution in [0.15, 0.2) is 22.9 Å². The molecule has 0 aliphatic carbocycles. The lowest BCUT2D eigenvalue weighted by Crippen LogP contribution is -2.38. The molecule has 1 fully saturated rings. The minimum atomic E-state index is -0.278. The molecule has 0 aromatic carbocycles. The van der Waals surface area contributed by atoms with E-state index in [2.05, 4.69) is 39.2 Å². The van der Waals surface area contributed by atoms with Crippen LogP contribution in [0, 0.1) is 5.92 Å². The summed E-state index contributed by atoms with van der Waals surface area (Å²) in [6, 6.07) is 3.85. The average molecular weight is 331 g/mol. The highest BCUT2D eigenvalue weighted by molar-refractivity contribution is 5.43. The molecule has 24 heavy (non-hydrogen) atoms. The standard InChI is InChI=1S/C17H25N5O2/c1-12(2)8-15-9-13(21-24-15)10-19-17-18-6-5-16(20-17)22-7-3-4-14(23)11-22/h5-6,9,12,14,23H,3-4,7-8,10-11H2,1-2H3,(H,18,19,20)/t14-/m0/s1. The smallest absolute Gasteiger partial charge is 0.224 e. The van der Waals surface area contributed by atoms with Gasteiger partial charge in [-0.1, -0.05) is 19.0 Å². The van der Waals surface area contributed by atoms with Crippen LogP contribution in [0.4, 0.5) is 11.8 Å². The highest BCUT2D eigenvalue weighted by atomic mass is 16.5. The fourth-order valence-electron chi connectivity index (χ4n) is 2.88. The fraction of sp³-hybridized carbons (Fsp3) is 0.588. The molecule has 3 rings (SSSR count). The molecule has 1 atom stereocenters. The Morgan fingerprint density at radius 2 is 2.33 bits per heavy atom. The van der Waals surface area contributed by atoms with Crippen LogP contribution in [-0.2, 0) is 13.0 Å². The predicted octanol–water partition coefficient (Wildman–Crippen LogP) is 2.24. The lowest BCUT2D eigenvalue weighted by Gasteiger charge is -2.31. The van der Waals surface area contributed by atoms with E-state index in [0.717, 1.165) is 43.1 Å². The van der Waals surface area contributed by atoms with Gasteiger partial charge in [0.1, 0.15) is 17.3 Å². The summed E-state index contributed by atoms with van der Waals surface area (Å²) >= 11 is 0. The number of rotatable bonds is 6. The Bertz CT molecular complexity index is 658. The van der Waals surface area contributed by atoms with Gasteiger partial charge in [-0.15, -0.1) is 0 Å². The molecule has 2 N–H and O–H groups in total. The van der Waals surface area contributed by atoms with Crippen molar-refractivity contribution >= 4 is 11.8 Å². The fourth-order valence-corrected chi connectivity index (χ4v) is 2.88. The minimum Gasteiger partial charge on any atom is -0.391 e. The highest BCUT2D eigenvalue weighted by Gasteiger charge is 2.19. The molecule has 1 aliphatic heterocycles. The van der Waals surface area contributed by atoms with Crippen molar-refractivity contribution in [3.8, 4) is 0 Å². The number of aromatic nitrogens is 3. The van der Waals surface area contributed by atoms with Gasteiger partial charge in [0.2, 0.25) is 5.95 Å². The number of aliphatic hydroxyl groups is 1. The molecule has 7 heteroatoms. The zero-order valence-corrected chi connectivity index (χ0v) is 14.3. The first kappa shape index (κ1) is 16.7. The number of anilines is 2. The van der Waals surface area contributed by atoms with Crippen LogP contribution < -0.4 is 10.2 Å². The Morgan fingerprint density at radius 3 is 3.12 bits per heavy atom. The maximum Gasteiger partial charge on any atom is 0.224 e. The van der Waals surface area contributed by atoms with Crippen molar-refractivity contribution in [2.24, 2.45) is 5.92 Å². The molecule has 0 amide bonds. The summed E-state index contributed by atoms with van der Waals surface area (Å²) in [6.07, 6.45) is 4.18. The number of nitrogens with zero attached hydrogens (tertiary/aromatic N) is 4. The first-order chi connectivity index (χ1) is 11.6. The van der Waals surface area contributed by atoms with Gasteiger partial charge in [0, 0.05) is 31.8 Å². The van der Waals surface area contributed by atoms with Crippen molar-refractivity contribution < 1.29 is 9.63 Å². The number of hydrogen-bond acceptors (Lipinski definition) is 7. The Hall–Kier alpha value is -2.15. The maximum absolute atomic E-state index is 9.81. The predicted molar refractivity (Wildman–Crippen MR) is 91.9 cm³/mol. The van der Waals surface area contributed by atoms with Crippen LogP contribution in [0.5, 0.6) is 0 Å². The van der Waals surface area contributed by atoms with E-state index in [1.54, 1.807) is 6.20 Å². The molecule has 2 aromatic heterocycles. The molecule has 0 unspecified atom stereocenters. The zero-order valence-electron chi connectivity index (χ0n) is 14.3. The molecule has 130 valence electrons. The van der Waals surface area contributed by atoms with Crippen LogP contribution in [0.3, 0.4) is 0 Å².